The van der Waals surface area contributed by atoms with E-state index in [0.717, 1.165) is 36.1 Å². The van der Waals surface area contributed by atoms with E-state index >= 15 is 0 Å². The zero-order valence-electron chi connectivity index (χ0n) is 14.0. The van der Waals surface area contributed by atoms with Gasteiger partial charge in [0, 0.05) is 31.4 Å². The molecule has 23 heavy (non-hydrogen) atoms. The van der Waals surface area contributed by atoms with Gasteiger partial charge in [-0.3, -0.25) is 0 Å². The van der Waals surface area contributed by atoms with E-state index in [0.29, 0.717) is 13.1 Å². The molecule has 0 bridgehead atoms. The van der Waals surface area contributed by atoms with Crippen LogP contribution in [0.25, 0.3) is 0 Å². The Balaban J connectivity index is 1.54. The predicted molar refractivity (Wildman–Crippen MR) is 92.8 cm³/mol. The third-order valence-corrected chi connectivity index (χ3v) is 5.00. The van der Waals surface area contributed by atoms with Crippen LogP contribution in [-0.4, -0.2) is 59.8 Å². The maximum atomic E-state index is 11.7. The summed E-state index contributed by atoms with van der Waals surface area (Å²) in [6, 6.07) is -0.233. The van der Waals surface area contributed by atoms with E-state index < -0.39 is 6.10 Å². The summed E-state index contributed by atoms with van der Waals surface area (Å²) >= 11 is 1.62. The van der Waals surface area contributed by atoms with Crippen molar-refractivity contribution in [3.63, 3.8) is 0 Å². The minimum Gasteiger partial charge on any atom is -0.390 e. The average Bonchev–Trinajstić information content (AvgIpc) is 2.93. The van der Waals surface area contributed by atoms with E-state index in [1.807, 2.05) is 12.3 Å². The van der Waals surface area contributed by atoms with Gasteiger partial charge in [-0.1, -0.05) is 6.92 Å². The number of hydrogen-bond donors (Lipinski definition) is 3. The molecule has 2 heterocycles. The molecule has 6 nitrogen and oxygen atoms in total. The molecule has 7 heteroatoms. The number of urea groups is 1. The summed E-state index contributed by atoms with van der Waals surface area (Å²) < 4.78 is 0. The molecule has 2 rings (SSSR count). The van der Waals surface area contributed by atoms with Crippen LogP contribution in [0.4, 0.5) is 4.79 Å². The summed E-state index contributed by atoms with van der Waals surface area (Å²) in [4.78, 5) is 18.3. The minimum atomic E-state index is -0.518. The molecule has 1 aliphatic rings. The number of aryl methyl sites for hydroxylation is 1. The summed E-state index contributed by atoms with van der Waals surface area (Å²) in [5, 5.41) is 18.6. The minimum absolute atomic E-state index is 0.233. The second-order valence-electron chi connectivity index (χ2n) is 6.38. The van der Waals surface area contributed by atoms with Gasteiger partial charge in [0.15, 0.2) is 0 Å². The Morgan fingerprint density at radius 1 is 1.48 bits per heavy atom. The fourth-order valence-corrected chi connectivity index (χ4v) is 3.35. The lowest BCUT2D eigenvalue weighted by molar-refractivity contribution is 0.0920. The van der Waals surface area contributed by atoms with Crippen LogP contribution in [0.5, 0.6) is 0 Å². The highest BCUT2D eigenvalue weighted by atomic mass is 32.1. The quantitative estimate of drug-likeness (QED) is 0.701. The number of carbonyl (C=O) groups excluding carboxylic acids is 1. The number of aliphatic hydroxyl groups excluding tert-OH is 1. The number of carbonyl (C=O) groups is 1. The van der Waals surface area contributed by atoms with E-state index in [4.69, 9.17) is 0 Å². The third kappa shape index (κ3) is 6.85. The Labute approximate surface area is 142 Å². The van der Waals surface area contributed by atoms with Crippen molar-refractivity contribution in [3.05, 3.63) is 16.1 Å². The molecule has 2 amide bonds. The number of rotatable bonds is 7. The van der Waals surface area contributed by atoms with Crippen molar-refractivity contribution < 1.29 is 9.90 Å². The largest absolute Gasteiger partial charge is 0.390 e. The van der Waals surface area contributed by atoms with Crippen molar-refractivity contribution >= 4 is 17.4 Å². The van der Waals surface area contributed by atoms with E-state index in [1.165, 1.54) is 12.8 Å². The van der Waals surface area contributed by atoms with Crippen LogP contribution in [0.2, 0.25) is 0 Å². The van der Waals surface area contributed by atoms with Gasteiger partial charge < -0.3 is 20.6 Å². The molecule has 1 saturated heterocycles. The van der Waals surface area contributed by atoms with E-state index in [-0.39, 0.29) is 12.6 Å². The molecule has 1 aromatic rings. The van der Waals surface area contributed by atoms with Gasteiger partial charge in [0.2, 0.25) is 0 Å². The van der Waals surface area contributed by atoms with E-state index in [1.54, 1.807) is 11.3 Å². The number of β-amino-alcohol motifs (C(OH)–C–C–N with tert-alkyl or cyclic N) is 1. The van der Waals surface area contributed by atoms with Crippen LogP contribution in [0, 0.1) is 12.8 Å². The van der Waals surface area contributed by atoms with Crippen LogP contribution in [0.1, 0.15) is 30.5 Å². The summed E-state index contributed by atoms with van der Waals surface area (Å²) in [6.07, 6.45) is 2.59. The molecule has 1 unspecified atom stereocenters. The Bertz CT molecular complexity index is 486. The zero-order valence-corrected chi connectivity index (χ0v) is 14.9. The number of aliphatic hydroxyl groups is 1. The molecule has 0 aromatic carbocycles. The molecule has 0 saturated carbocycles. The smallest absolute Gasteiger partial charge is 0.314 e. The number of thiazole rings is 1. The first kappa shape index (κ1) is 18.2. The summed E-state index contributed by atoms with van der Waals surface area (Å²) in [5.41, 5.74) is 1.01. The molecule has 0 aliphatic carbocycles. The number of amides is 2. The summed E-state index contributed by atoms with van der Waals surface area (Å²) in [5.74, 6) is 0.786. The van der Waals surface area contributed by atoms with Gasteiger partial charge in [-0.05, 0) is 38.8 Å². The molecule has 0 radical (unpaired) electrons. The predicted octanol–water partition coefficient (Wildman–Crippen LogP) is 1.39. The highest BCUT2D eigenvalue weighted by Crippen LogP contribution is 2.15. The normalized spacial score (nSPS) is 17.9. The summed E-state index contributed by atoms with van der Waals surface area (Å²) in [7, 11) is 0. The fraction of sp³-hybridized carbons (Fsp3) is 0.750. The number of hydrogen-bond acceptors (Lipinski definition) is 5. The van der Waals surface area contributed by atoms with Crippen LogP contribution in [-0.2, 0) is 6.42 Å². The first-order valence-corrected chi connectivity index (χ1v) is 9.24. The first-order chi connectivity index (χ1) is 11.0. The number of likely N-dealkylation sites (tertiary alicyclic amines) is 1. The molecular formula is C16H28N4O2S. The van der Waals surface area contributed by atoms with Gasteiger partial charge in [-0.15, -0.1) is 11.3 Å². The maximum Gasteiger partial charge on any atom is 0.314 e. The van der Waals surface area contributed by atoms with Crippen LogP contribution < -0.4 is 10.6 Å². The Kier molecular flexibility index (Phi) is 7.26. The lowest BCUT2D eigenvalue weighted by atomic mass is 9.99. The molecular weight excluding hydrogens is 312 g/mol. The molecule has 130 valence electrons. The lowest BCUT2D eigenvalue weighted by Gasteiger charge is -2.31. The monoisotopic (exact) mass is 340 g/mol. The second kappa shape index (κ2) is 9.20. The van der Waals surface area contributed by atoms with Gasteiger partial charge in [0.1, 0.15) is 0 Å². The third-order valence-electron chi connectivity index (χ3n) is 4.18. The van der Waals surface area contributed by atoms with Crippen molar-refractivity contribution in [2.75, 3.05) is 32.7 Å². The number of nitrogens with one attached hydrogen (secondary N) is 2. The van der Waals surface area contributed by atoms with Gasteiger partial charge in [-0.2, -0.15) is 0 Å². The van der Waals surface area contributed by atoms with Gasteiger partial charge in [0.05, 0.1) is 16.8 Å². The molecule has 3 N–H and O–H groups in total. The molecule has 1 atom stereocenters. The van der Waals surface area contributed by atoms with Gasteiger partial charge in [-0.25, -0.2) is 9.78 Å². The van der Waals surface area contributed by atoms with Crippen molar-refractivity contribution in [3.8, 4) is 0 Å². The highest BCUT2D eigenvalue weighted by molar-refractivity contribution is 7.09. The molecule has 1 aliphatic heterocycles. The molecule has 1 aromatic heterocycles. The topological polar surface area (TPSA) is 77.5 Å². The second-order valence-corrected chi connectivity index (χ2v) is 7.44. The van der Waals surface area contributed by atoms with Gasteiger partial charge >= 0.3 is 6.03 Å². The van der Waals surface area contributed by atoms with Crippen LogP contribution >= 0.6 is 11.3 Å². The Morgan fingerprint density at radius 3 is 2.87 bits per heavy atom. The number of aromatic nitrogens is 1. The average molecular weight is 340 g/mol. The number of nitrogens with zero attached hydrogens (tertiary/aromatic N) is 2. The van der Waals surface area contributed by atoms with E-state index in [2.05, 4.69) is 27.4 Å². The van der Waals surface area contributed by atoms with Gasteiger partial charge in [0.25, 0.3) is 0 Å². The molecule has 0 spiro atoms. The standard InChI is InChI=1S/C16H28N4O2S/c1-12-4-7-20(8-5-12)10-15(21)9-18-16(22)17-6-3-14-11-23-13(2)19-14/h11-12,15,21H,3-10H2,1-2H3,(H2,17,18,22). The van der Waals surface area contributed by atoms with Crippen molar-refractivity contribution in [1.29, 1.82) is 0 Å². The van der Waals surface area contributed by atoms with E-state index in [9.17, 15) is 9.90 Å². The Morgan fingerprint density at radius 2 is 2.22 bits per heavy atom. The highest BCUT2D eigenvalue weighted by Gasteiger charge is 2.18. The summed E-state index contributed by atoms with van der Waals surface area (Å²) in [6.45, 7) is 7.79. The molecule has 1 fully saturated rings. The first-order valence-electron chi connectivity index (χ1n) is 8.36. The lowest BCUT2D eigenvalue weighted by Crippen LogP contribution is -2.45. The maximum absolute atomic E-state index is 11.7. The van der Waals surface area contributed by atoms with Crippen LogP contribution in [0.3, 0.4) is 0 Å². The van der Waals surface area contributed by atoms with Crippen LogP contribution in [0.15, 0.2) is 5.38 Å². The zero-order chi connectivity index (χ0) is 16.7. The fourth-order valence-electron chi connectivity index (χ4n) is 2.71. The van der Waals surface area contributed by atoms with Crippen molar-refractivity contribution in [2.45, 2.75) is 39.2 Å². The number of piperidine rings is 1. The van der Waals surface area contributed by atoms with Crippen molar-refractivity contribution in [2.24, 2.45) is 5.92 Å². The van der Waals surface area contributed by atoms with Crippen molar-refractivity contribution in [1.82, 2.24) is 20.5 Å². The SMILES string of the molecule is Cc1nc(CCNC(=O)NCC(O)CN2CCC(C)CC2)cs1. The Hall–Kier alpha value is -1.18.